The third-order valence-corrected chi connectivity index (χ3v) is 5.65. The summed E-state index contributed by atoms with van der Waals surface area (Å²) in [6.07, 6.45) is 1.25. The van der Waals surface area contributed by atoms with Crippen LogP contribution in [0.15, 0.2) is 42.7 Å². The van der Waals surface area contributed by atoms with Gasteiger partial charge in [-0.05, 0) is 26.1 Å². The number of ether oxygens (including phenoxy) is 2. The second kappa shape index (κ2) is 12.9. The van der Waals surface area contributed by atoms with Crippen molar-refractivity contribution in [2.75, 3.05) is 50.6 Å². The first-order valence-corrected chi connectivity index (χ1v) is 12.3. The van der Waals surface area contributed by atoms with Crippen LogP contribution in [0.5, 0.6) is 11.5 Å². The number of aliphatic hydroxyl groups is 1. The van der Waals surface area contributed by atoms with Crippen molar-refractivity contribution in [3.63, 3.8) is 0 Å². The van der Waals surface area contributed by atoms with E-state index in [-0.39, 0.29) is 18.7 Å². The van der Waals surface area contributed by atoms with Crippen LogP contribution in [0.3, 0.4) is 0 Å². The molecule has 0 unspecified atom stereocenters. The molecule has 11 nitrogen and oxygen atoms in total. The van der Waals surface area contributed by atoms with E-state index < -0.39 is 17.5 Å². The smallest absolute Gasteiger partial charge is 0.230 e. The first kappa shape index (κ1) is 27.7. The summed E-state index contributed by atoms with van der Waals surface area (Å²) >= 11 is 0. The Kier molecular flexibility index (Phi) is 9.18. The van der Waals surface area contributed by atoms with Crippen LogP contribution in [0, 0.1) is 11.6 Å². The first-order chi connectivity index (χ1) is 18.9. The Morgan fingerprint density at radius 1 is 1.15 bits per heavy atom. The van der Waals surface area contributed by atoms with Crippen molar-refractivity contribution in [3.8, 4) is 11.5 Å². The summed E-state index contributed by atoms with van der Waals surface area (Å²) in [7, 11) is 1.88. The average molecular weight is 542 g/mol. The summed E-state index contributed by atoms with van der Waals surface area (Å²) in [6, 6.07) is 8.70. The molecule has 0 atom stereocenters. The van der Waals surface area contributed by atoms with Crippen LogP contribution in [-0.2, 0) is 11.2 Å². The molecule has 0 spiro atoms. The van der Waals surface area contributed by atoms with Gasteiger partial charge in [-0.25, -0.2) is 18.7 Å². The number of aromatic amines is 1. The van der Waals surface area contributed by atoms with Crippen LogP contribution >= 0.6 is 0 Å². The molecule has 2 heterocycles. The van der Waals surface area contributed by atoms with Gasteiger partial charge in [0.1, 0.15) is 30.3 Å². The summed E-state index contributed by atoms with van der Waals surface area (Å²) in [6.45, 7) is 3.86. The summed E-state index contributed by atoms with van der Waals surface area (Å²) in [4.78, 5) is 23.0. The molecule has 0 saturated carbocycles. The summed E-state index contributed by atoms with van der Waals surface area (Å²) in [5.41, 5.74) is 0.781. The Morgan fingerprint density at radius 2 is 2.00 bits per heavy atom. The van der Waals surface area contributed by atoms with Gasteiger partial charge in [0.05, 0.1) is 36.2 Å². The molecule has 2 aromatic heterocycles. The van der Waals surface area contributed by atoms with Gasteiger partial charge in [0.25, 0.3) is 0 Å². The average Bonchev–Trinajstić information content (AvgIpc) is 3.33. The van der Waals surface area contributed by atoms with Crippen LogP contribution < -0.4 is 20.1 Å². The highest BCUT2D eigenvalue weighted by atomic mass is 19.2. The SMILES string of the molecule is CCOc1cc(OCCN(C)CCO)c2c(Nc3cc(CC(=O)Nc4cccc(F)c4F)[nH]n3)ncnc2c1. The van der Waals surface area contributed by atoms with Crippen molar-refractivity contribution < 1.29 is 28.2 Å². The molecule has 206 valence electrons. The molecule has 0 radical (unpaired) electrons. The van der Waals surface area contributed by atoms with E-state index in [1.807, 2.05) is 18.9 Å². The maximum absolute atomic E-state index is 13.9. The highest BCUT2D eigenvalue weighted by Crippen LogP contribution is 2.35. The number of carbonyl (C=O) groups excluding carboxylic acids is 1. The first-order valence-electron chi connectivity index (χ1n) is 12.3. The van der Waals surface area contributed by atoms with Crippen LogP contribution in [-0.4, -0.2) is 76.0 Å². The number of amides is 1. The van der Waals surface area contributed by atoms with Gasteiger partial charge in [0.2, 0.25) is 5.91 Å². The zero-order chi connectivity index (χ0) is 27.8. The minimum Gasteiger partial charge on any atom is -0.494 e. The zero-order valence-electron chi connectivity index (χ0n) is 21.5. The molecule has 1 amide bonds. The number of hydrogen-bond donors (Lipinski definition) is 4. The number of halogens is 2. The number of H-pyrrole nitrogens is 1. The van der Waals surface area contributed by atoms with Crippen molar-refractivity contribution in [2.24, 2.45) is 0 Å². The van der Waals surface area contributed by atoms with E-state index >= 15 is 0 Å². The van der Waals surface area contributed by atoms with Gasteiger partial charge in [0.15, 0.2) is 17.5 Å². The molecular weight excluding hydrogens is 512 g/mol. The monoisotopic (exact) mass is 541 g/mol. The highest BCUT2D eigenvalue weighted by Gasteiger charge is 2.16. The van der Waals surface area contributed by atoms with E-state index in [0.717, 1.165) is 6.07 Å². The van der Waals surface area contributed by atoms with Gasteiger partial charge >= 0.3 is 0 Å². The predicted molar refractivity (Wildman–Crippen MR) is 141 cm³/mol. The summed E-state index contributed by atoms with van der Waals surface area (Å²) in [5, 5.41) is 22.1. The second-order valence-electron chi connectivity index (χ2n) is 8.58. The Morgan fingerprint density at radius 3 is 2.79 bits per heavy atom. The van der Waals surface area contributed by atoms with E-state index in [1.165, 1.54) is 18.5 Å². The fourth-order valence-electron chi connectivity index (χ4n) is 3.79. The van der Waals surface area contributed by atoms with Crippen LogP contribution in [0.2, 0.25) is 0 Å². The third-order valence-electron chi connectivity index (χ3n) is 5.65. The van der Waals surface area contributed by atoms with Gasteiger partial charge in [0, 0.05) is 37.0 Å². The summed E-state index contributed by atoms with van der Waals surface area (Å²) in [5.74, 6) is -0.832. The number of likely N-dealkylation sites (N-methyl/N-ethyl adjacent to an activating group) is 1. The quantitative estimate of drug-likeness (QED) is 0.201. The van der Waals surface area contributed by atoms with E-state index in [9.17, 15) is 13.6 Å². The van der Waals surface area contributed by atoms with Crippen molar-refractivity contribution in [1.82, 2.24) is 25.1 Å². The van der Waals surface area contributed by atoms with E-state index in [4.69, 9.17) is 14.6 Å². The molecule has 4 N–H and O–H groups in total. The topological polar surface area (TPSA) is 138 Å². The van der Waals surface area contributed by atoms with Gasteiger partial charge < -0.3 is 30.1 Å². The largest absolute Gasteiger partial charge is 0.494 e. The fraction of sp³-hybridized carbons (Fsp3) is 0.308. The molecule has 4 rings (SSSR count). The van der Waals surface area contributed by atoms with Gasteiger partial charge in [-0.3, -0.25) is 9.89 Å². The number of aliphatic hydroxyl groups excluding tert-OH is 1. The van der Waals surface area contributed by atoms with Gasteiger partial charge in [-0.15, -0.1) is 0 Å². The van der Waals surface area contributed by atoms with Gasteiger partial charge in [-0.2, -0.15) is 5.10 Å². The Hall–Kier alpha value is -4.36. The lowest BCUT2D eigenvalue weighted by molar-refractivity contribution is -0.115. The number of nitrogens with zero attached hydrogens (tertiary/aromatic N) is 4. The molecule has 0 aliphatic rings. The molecule has 0 aliphatic carbocycles. The molecule has 4 aromatic rings. The number of anilines is 3. The fourth-order valence-corrected chi connectivity index (χ4v) is 3.79. The van der Waals surface area contributed by atoms with Crippen molar-refractivity contribution in [1.29, 1.82) is 0 Å². The maximum atomic E-state index is 13.9. The molecule has 39 heavy (non-hydrogen) atoms. The number of fused-ring (bicyclic) bond motifs is 1. The van der Waals surface area contributed by atoms with Crippen molar-refractivity contribution in [2.45, 2.75) is 13.3 Å². The molecule has 2 aromatic carbocycles. The standard InChI is InChI=1S/C26H29F2N7O4/c1-3-38-17-13-20-24(21(14-17)39-10-8-35(2)7-9-36)26(30-15-29-20)32-22-11-16(33-34-22)12-23(37)31-19-6-4-5-18(27)25(19)28/h4-6,11,13-15,36H,3,7-10,12H2,1-2H3,(H,31,37)(H2,29,30,32,33,34). The predicted octanol–water partition coefficient (Wildman–Crippen LogP) is 3.26. The van der Waals surface area contributed by atoms with Crippen LogP contribution in [0.25, 0.3) is 10.9 Å². The Balaban J connectivity index is 1.51. The van der Waals surface area contributed by atoms with Crippen molar-refractivity contribution >= 4 is 34.1 Å². The molecule has 0 bridgehead atoms. The minimum atomic E-state index is -1.13. The molecule has 13 heteroatoms. The number of benzene rings is 2. The number of nitrogens with one attached hydrogen (secondary N) is 3. The lowest BCUT2D eigenvalue weighted by Gasteiger charge is -2.17. The molecule has 0 fully saturated rings. The molecule has 0 saturated heterocycles. The summed E-state index contributed by atoms with van der Waals surface area (Å²) < 4.78 is 39.0. The second-order valence-corrected chi connectivity index (χ2v) is 8.58. The third kappa shape index (κ3) is 7.15. The number of aromatic nitrogens is 4. The van der Waals surface area contributed by atoms with Crippen LogP contribution in [0.4, 0.5) is 26.1 Å². The number of hydrogen-bond acceptors (Lipinski definition) is 9. The van der Waals surface area contributed by atoms with E-state index in [1.54, 1.807) is 18.2 Å². The highest BCUT2D eigenvalue weighted by molar-refractivity contribution is 5.96. The Bertz CT molecular complexity index is 1430. The van der Waals surface area contributed by atoms with Crippen LogP contribution in [0.1, 0.15) is 12.6 Å². The number of carbonyl (C=O) groups is 1. The zero-order valence-corrected chi connectivity index (χ0v) is 21.5. The van der Waals surface area contributed by atoms with E-state index in [2.05, 4.69) is 30.8 Å². The lowest BCUT2D eigenvalue weighted by Crippen LogP contribution is -2.27. The van der Waals surface area contributed by atoms with Crippen molar-refractivity contribution in [3.05, 3.63) is 60.1 Å². The number of rotatable bonds is 13. The van der Waals surface area contributed by atoms with Gasteiger partial charge in [-0.1, -0.05) is 6.07 Å². The minimum absolute atomic E-state index is 0.0518. The maximum Gasteiger partial charge on any atom is 0.230 e. The van der Waals surface area contributed by atoms with E-state index in [0.29, 0.717) is 66.0 Å². The lowest BCUT2D eigenvalue weighted by atomic mass is 10.2. The normalized spacial score (nSPS) is 11.1. The molecule has 0 aliphatic heterocycles. The molecular formula is C26H29F2N7O4. The Labute approximate surface area is 223 Å².